The molecule has 0 fully saturated rings. The molecular weight excluding hydrogens is 412 g/mol. The van der Waals surface area contributed by atoms with E-state index in [1.807, 2.05) is 69.3 Å². The van der Waals surface area contributed by atoms with Crippen molar-refractivity contribution in [1.82, 2.24) is 10.2 Å². The molecule has 0 aromatic heterocycles. The molecule has 0 saturated heterocycles. The normalized spacial score (nSPS) is 13.1. The number of amides is 2. The number of hydrogen-bond acceptors (Lipinski definition) is 3. The minimum Gasteiger partial charge on any atom is -0.444 e. The van der Waals surface area contributed by atoms with Gasteiger partial charge in [-0.3, -0.25) is 9.69 Å². The molecule has 2 aromatic rings. The van der Waals surface area contributed by atoms with Crippen molar-refractivity contribution in [2.75, 3.05) is 6.54 Å². The van der Waals surface area contributed by atoms with Crippen LogP contribution in [-0.4, -0.2) is 35.1 Å². The molecule has 0 aliphatic heterocycles. The average Bonchev–Trinajstić information content (AvgIpc) is 2.77. The van der Waals surface area contributed by atoms with Crippen LogP contribution in [0.1, 0.15) is 65.0 Å². The quantitative estimate of drug-likeness (QED) is 0.456. The van der Waals surface area contributed by atoms with Crippen molar-refractivity contribution in [2.24, 2.45) is 5.92 Å². The van der Waals surface area contributed by atoms with E-state index in [9.17, 15) is 9.59 Å². The Morgan fingerprint density at radius 3 is 2.09 bits per heavy atom. The summed E-state index contributed by atoms with van der Waals surface area (Å²) in [6, 6.07) is 19.2. The van der Waals surface area contributed by atoms with Gasteiger partial charge in [0, 0.05) is 13.1 Å². The van der Waals surface area contributed by atoms with Crippen LogP contribution in [0.5, 0.6) is 0 Å². The van der Waals surface area contributed by atoms with Crippen LogP contribution >= 0.6 is 0 Å². The number of unbranched alkanes of at least 4 members (excludes halogenated alkanes) is 1. The van der Waals surface area contributed by atoms with Gasteiger partial charge >= 0.3 is 6.09 Å². The van der Waals surface area contributed by atoms with Crippen LogP contribution in [0.25, 0.3) is 0 Å². The Hall–Kier alpha value is -2.82. The summed E-state index contributed by atoms with van der Waals surface area (Å²) in [6.07, 6.45) is 3.19. The number of benzene rings is 2. The highest BCUT2D eigenvalue weighted by Gasteiger charge is 2.36. The smallest absolute Gasteiger partial charge is 0.411 e. The Labute approximate surface area is 199 Å². The Morgan fingerprint density at radius 1 is 0.970 bits per heavy atom. The molecule has 2 aromatic carbocycles. The number of hydrogen-bond donors (Lipinski definition) is 1. The zero-order valence-corrected chi connectivity index (χ0v) is 20.8. The van der Waals surface area contributed by atoms with E-state index in [1.54, 1.807) is 4.90 Å². The molecule has 0 bridgehead atoms. The monoisotopic (exact) mass is 452 g/mol. The fraction of sp³-hybridized carbons (Fsp3) is 0.500. The molecule has 0 radical (unpaired) electrons. The van der Waals surface area contributed by atoms with E-state index < -0.39 is 17.7 Å². The van der Waals surface area contributed by atoms with Gasteiger partial charge in [0.1, 0.15) is 11.6 Å². The fourth-order valence-electron chi connectivity index (χ4n) is 3.85. The second-order valence-corrected chi connectivity index (χ2v) is 9.68. The van der Waals surface area contributed by atoms with Crippen LogP contribution in [0.4, 0.5) is 4.79 Å². The number of carbonyl (C=O) groups excluding carboxylic acids is 2. The number of ether oxygens (including phenoxy) is 1. The summed E-state index contributed by atoms with van der Waals surface area (Å²) in [4.78, 5) is 28.4. The predicted molar refractivity (Wildman–Crippen MR) is 134 cm³/mol. The lowest BCUT2D eigenvalue weighted by Gasteiger charge is -2.36. The van der Waals surface area contributed by atoms with Gasteiger partial charge in [0.15, 0.2) is 0 Å². The van der Waals surface area contributed by atoms with Crippen molar-refractivity contribution < 1.29 is 14.3 Å². The zero-order chi connectivity index (χ0) is 24.3. The number of rotatable bonds is 11. The molecule has 0 spiro atoms. The topological polar surface area (TPSA) is 58.6 Å². The van der Waals surface area contributed by atoms with E-state index in [2.05, 4.69) is 31.3 Å². The van der Waals surface area contributed by atoms with Gasteiger partial charge in [-0.25, -0.2) is 4.79 Å². The number of nitrogens with zero attached hydrogens (tertiary/aromatic N) is 1. The van der Waals surface area contributed by atoms with E-state index in [4.69, 9.17) is 4.74 Å². The standard InChI is InChI=1S/C28H40N2O3/c1-6-7-14-22(2)25(26(31)29-20-19-23-15-10-8-11-16-23)30(27(32)33-28(3,4)5)21-24-17-12-9-13-18-24/h8-13,15-18,22,25H,6-7,14,19-21H2,1-5H3,(H,29,31)/t22-,25?/m0/s1. The third-order valence-electron chi connectivity index (χ3n) is 5.54. The first-order valence-electron chi connectivity index (χ1n) is 12.1. The van der Waals surface area contributed by atoms with Crippen LogP contribution in [0.15, 0.2) is 60.7 Å². The summed E-state index contributed by atoms with van der Waals surface area (Å²) in [6.45, 7) is 10.6. The maximum atomic E-state index is 13.5. The van der Waals surface area contributed by atoms with Crippen LogP contribution < -0.4 is 5.32 Å². The van der Waals surface area contributed by atoms with Crippen molar-refractivity contribution >= 4 is 12.0 Å². The first kappa shape index (κ1) is 26.4. The lowest BCUT2D eigenvalue weighted by molar-refractivity contribution is -0.128. The van der Waals surface area contributed by atoms with Crippen molar-refractivity contribution in [3.63, 3.8) is 0 Å². The molecule has 2 amide bonds. The average molecular weight is 453 g/mol. The van der Waals surface area contributed by atoms with Crippen LogP contribution in [0, 0.1) is 5.92 Å². The van der Waals surface area contributed by atoms with Crippen molar-refractivity contribution in [3.05, 3.63) is 71.8 Å². The Bertz CT molecular complexity index is 846. The zero-order valence-electron chi connectivity index (χ0n) is 20.8. The maximum absolute atomic E-state index is 13.5. The molecule has 5 heteroatoms. The summed E-state index contributed by atoms with van der Waals surface area (Å²) in [7, 11) is 0. The summed E-state index contributed by atoms with van der Waals surface area (Å²) in [5.41, 5.74) is 1.49. The molecule has 2 rings (SSSR count). The Balaban J connectivity index is 2.26. The van der Waals surface area contributed by atoms with Gasteiger partial charge in [-0.15, -0.1) is 0 Å². The van der Waals surface area contributed by atoms with E-state index in [-0.39, 0.29) is 11.8 Å². The lowest BCUT2D eigenvalue weighted by atomic mass is 9.93. The third kappa shape index (κ3) is 9.29. The second-order valence-electron chi connectivity index (χ2n) is 9.68. The molecule has 0 saturated carbocycles. The lowest BCUT2D eigenvalue weighted by Crippen LogP contribution is -2.53. The van der Waals surface area contributed by atoms with Crippen molar-refractivity contribution in [2.45, 2.75) is 78.5 Å². The summed E-state index contributed by atoms with van der Waals surface area (Å²) >= 11 is 0. The first-order valence-corrected chi connectivity index (χ1v) is 12.1. The third-order valence-corrected chi connectivity index (χ3v) is 5.54. The molecule has 33 heavy (non-hydrogen) atoms. The largest absolute Gasteiger partial charge is 0.444 e. The minimum atomic E-state index is -0.646. The van der Waals surface area contributed by atoms with Crippen LogP contribution in [-0.2, 0) is 22.5 Å². The predicted octanol–water partition coefficient (Wildman–Crippen LogP) is 5.98. The van der Waals surface area contributed by atoms with Gasteiger partial charge in [-0.2, -0.15) is 0 Å². The number of nitrogens with one attached hydrogen (secondary N) is 1. The molecule has 5 nitrogen and oxygen atoms in total. The molecule has 2 atom stereocenters. The summed E-state index contributed by atoms with van der Waals surface area (Å²) in [5, 5.41) is 3.08. The van der Waals surface area contributed by atoms with E-state index in [1.165, 1.54) is 5.56 Å². The van der Waals surface area contributed by atoms with Crippen molar-refractivity contribution in [1.29, 1.82) is 0 Å². The van der Waals surface area contributed by atoms with E-state index >= 15 is 0 Å². The number of carbonyl (C=O) groups is 2. The Morgan fingerprint density at radius 2 is 1.55 bits per heavy atom. The van der Waals surface area contributed by atoms with Gasteiger partial charge < -0.3 is 10.1 Å². The van der Waals surface area contributed by atoms with Gasteiger partial charge in [-0.05, 0) is 50.7 Å². The van der Waals surface area contributed by atoms with Crippen LogP contribution in [0.2, 0.25) is 0 Å². The highest BCUT2D eigenvalue weighted by atomic mass is 16.6. The summed E-state index contributed by atoms with van der Waals surface area (Å²) in [5.74, 6) is -0.130. The molecule has 0 heterocycles. The maximum Gasteiger partial charge on any atom is 0.411 e. The van der Waals surface area contributed by atoms with E-state index in [0.29, 0.717) is 13.1 Å². The second kappa shape index (κ2) is 13.0. The summed E-state index contributed by atoms with van der Waals surface area (Å²) < 4.78 is 5.74. The first-order chi connectivity index (χ1) is 15.7. The molecule has 1 N–H and O–H groups in total. The molecular formula is C28H40N2O3. The highest BCUT2D eigenvalue weighted by Crippen LogP contribution is 2.23. The van der Waals surface area contributed by atoms with Crippen molar-refractivity contribution in [3.8, 4) is 0 Å². The minimum absolute atomic E-state index is 0.00194. The van der Waals surface area contributed by atoms with Gasteiger partial charge in [0.2, 0.25) is 5.91 Å². The fourth-order valence-corrected chi connectivity index (χ4v) is 3.85. The van der Waals surface area contributed by atoms with E-state index in [0.717, 1.165) is 31.2 Å². The molecule has 1 unspecified atom stereocenters. The van der Waals surface area contributed by atoms with Gasteiger partial charge in [0.05, 0.1) is 0 Å². The van der Waals surface area contributed by atoms with Crippen LogP contribution in [0.3, 0.4) is 0 Å². The molecule has 180 valence electrons. The molecule has 0 aliphatic carbocycles. The van der Waals surface area contributed by atoms with Gasteiger partial charge in [0.25, 0.3) is 0 Å². The Kier molecular flexibility index (Phi) is 10.4. The highest BCUT2D eigenvalue weighted by molar-refractivity contribution is 5.86. The molecule has 0 aliphatic rings. The SMILES string of the molecule is CCCC[C@H](C)C(C(=O)NCCc1ccccc1)N(Cc1ccccc1)C(=O)OC(C)(C)C. The van der Waals surface area contributed by atoms with Gasteiger partial charge in [-0.1, -0.05) is 87.4 Å².